The highest BCUT2D eigenvalue weighted by molar-refractivity contribution is 5.77. The number of urea groups is 1. The zero-order valence-corrected chi connectivity index (χ0v) is 24.6. The van der Waals surface area contributed by atoms with Crippen molar-refractivity contribution in [3.63, 3.8) is 0 Å². The van der Waals surface area contributed by atoms with E-state index in [-0.39, 0.29) is 11.8 Å². The molecule has 0 aromatic heterocycles. The molecule has 2 atom stereocenters. The summed E-state index contributed by atoms with van der Waals surface area (Å²) in [6, 6.07) is 6.69. The van der Waals surface area contributed by atoms with E-state index >= 15 is 0 Å². The minimum Gasteiger partial charge on any atom is -0.508 e. The summed E-state index contributed by atoms with van der Waals surface area (Å²) in [5, 5.41) is 10.4. The lowest BCUT2D eigenvalue weighted by molar-refractivity contribution is -0.603. The van der Waals surface area contributed by atoms with Gasteiger partial charge in [-0.15, -0.1) is 0 Å². The van der Waals surface area contributed by atoms with Crippen LogP contribution >= 0.6 is 0 Å². The van der Waals surface area contributed by atoms with Gasteiger partial charge in [0.2, 0.25) is 5.72 Å². The Morgan fingerprint density at radius 1 is 0.800 bits per heavy atom. The minimum absolute atomic E-state index is 0.0941. The van der Waals surface area contributed by atoms with Gasteiger partial charge in [0.1, 0.15) is 5.75 Å². The van der Waals surface area contributed by atoms with Gasteiger partial charge in [-0.3, -0.25) is 4.90 Å². The van der Waals surface area contributed by atoms with E-state index in [1.165, 1.54) is 0 Å². The van der Waals surface area contributed by atoms with Gasteiger partial charge < -0.3 is 33.7 Å². The zero-order chi connectivity index (χ0) is 28.9. The standard InChI is InChI=1S/C29H46N2O9/c1-26(2,3)29-27(4,5)22-31(28(29,39-40-29)23-7-6-8-24(32)21-23)25(33)30-9-11-34-13-15-36-17-19-38-20-18-37-16-14-35-12-10-30/h6-8,21,32H,9-20,22H2,1-5H3. The Morgan fingerprint density at radius 3 is 1.73 bits per heavy atom. The van der Waals surface area contributed by atoms with E-state index in [9.17, 15) is 9.90 Å². The predicted octanol–water partition coefficient (Wildman–Crippen LogP) is 3.15. The third kappa shape index (κ3) is 5.83. The third-order valence-electron chi connectivity index (χ3n) is 7.95. The van der Waals surface area contributed by atoms with Crippen molar-refractivity contribution in [2.75, 3.05) is 85.7 Å². The van der Waals surface area contributed by atoms with Crippen LogP contribution < -0.4 is 0 Å². The lowest BCUT2D eigenvalue weighted by atomic mass is 9.57. The van der Waals surface area contributed by atoms with E-state index < -0.39 is 22.2 Å². The van der Waals surface area contributed by atoms with Crippen LogP contribution in [0, 0.1) is 10.8 Å². The number of rotatable bonds is 1. The number of phenolic OH excluding ortho intramolecular Hbond substituents is 1. The van der Waals surface area contributed by atoms with Crippen LogP contribution in [0.25, 0.3) is 0 Å². The number of ether oxygens (including phenoxy) is 5. The molecule has 1 aromatic rings. The van der Waals surface area contributed by atoms with E-state index in [1.807, 2.05) is 6.07 Å². The molecular formula is C29H46N2O9. The average Bonchev–Trinajstić information content (AvgIpc) is 3.01. The third-order valence-corrected chi connectivity index (χ3v) is 7.95. The highest BCUT2D eigenvalue weighted by atomic mass is 17.3. The number of carbonyl (C=O) groups is 1. The summed E-state index contributed by atoms with van der Waals surface area (Å²) in [6.45, 7) is 15.9. The van der Waals surface area contributed by atoms with Gasteiger partial charge in [-0.05, 0) is 12.1 Å². The highest BCUT2D eigenvalue weighted by Gasteiger charge is 2.83. The Morgan fingerprint density at radius 2 is 1.30 bits per heavy atom. The summed E-state index contributed by atoms with van der Waals surface area (Å²) in [7, 11) is 0. The average molecular weight is 567 g/mol. The van der Waals surface area contributed by atoms with Crippen LogP contribution in [-0.4, -0.2) is 112 Å². The van der Waals surface area contributed by atoms with Crippen LogP contribution in [0.3, 0.4) is 0 Å². The number of aromatic hydroxyl groups is 1. The van der Waals surface area contributed by atoms with Crippen molar-refractivity contribution in [1.82, 2.24) is 9.80 Å². The molecule has 0 spiro atoms. The van der Waals surface area contributed by atoms with Crippen molar-refractivity contribution < 1.29 is 43.4 Å². The summed E-state index contributed by atoms with van der Waals surface area (Å²) in [5.74, 6) is 0.0941. The van der Waals surface area contributed by atoms with Gasteiger partial charge in [0.15, 0.2) is 5.60 Å². The lowest BCUT2D eigenvalue weighted by Crippen LogP contribution is -2.76. The summed E-state index contributed by atoms with van der Waals surface area (Å²) >= 11 is 0. The topological polar surface area (TPSA) is 108 Å². The number of nitrogens with zero attached hydrogens (tertiary/aromatic N) is 2. The molecule has 11 heteroatoms. The van der Waals surface area contributed by atoms with Crippen molar-refractivity contribution in [3.8, 4) is 5.75 Å². The molecule has 2 unspecified atom stereocenters. The molecule has 40 heavy (non-hydrogen) atoms. The van der Waals surface area contributed by atoms with Gasteiger partial charge in [0.05, 0.1) is 66.1 Å². The molecule has 0 bridgehead atoms. The molecular weight excluding hydrogens is 520 g/mol. The number of phenols is 1. The quantitative estimate of drug-likeness (QED) is 0.513. The second-order valence-corrected chi connectivity index (χ2v) is 12.1. The Balaban J connectivity index is 1.58. The van der Waals surface area contributed by atoms with Crippen LogP contribution in [0.2, 0.25) is 0 Å². The SMILES string of the molecule is CC(C)(C)C12OOC1(c1cccc(O)c1)N(C(=O)N1CCOCCOCCOCCOCCOCC1)CC2(C)C. The van der Waals surface area contributed by atoms with Crippen molar-refractivity contribution in [3.05, 3.63) is 29.8 Å². The van der Waals surface area contributed by atoms with Crippen molar-refractivity contribution in [2.45, 2.75) is 45.9 Å². The first-order valence-corrected chi connectivity index (χ1v) is 14.2. The van der Waals surface area contributed by atoms with Gasteiger partial charge in [0.25, 0.3) is 0 Å². The van der Waals surface area contributed by atoms with Crippen LogP contribution in [0.15, 0.2) is 24.3 Å². The van der Waals surface area contributed by atoms with Crippen LogP contribution in [0.1, 0.15) is 40.2 Å². The van der Waals surface area contributed by atoms with Gasteiger partial charge in [0, 0.05) is 36.0 Å². The minimum atomic E-state index is -1.23. The molecule has 3 aliphatic heterocycles. The maximum absolute atomic E-state index is 14.4. The second-order valence-electron chi connectivity index (χ2n) is 12.1. The predicted molar refractivity (Wildman–Crippen MR) is 146 cm³/mol. The Hall–Kier alpha value is -1.99. The van der Waals surface area contributed by atoms with Crippen LogP contribution in [0.5, 0.6) is 5.75 Å². The van der Waals surface area contributed by atoms with Crippen molar-refractivity contribution in [1.29, 1.82) is 0 Å². The Bertz CT molecular complexity index is 966. The number of hydrogen-bond acceptors (Lipinski definition) is 9. The molecule has 11 nitrogen and oxygen atoms in total. The molecule has 4 rings (SSSR count). The summed E-state index contributed by atoms with van der Waals surface area (Å²) in [6.07, 6.45) is 0. The summed E-state index contributed by atoms with van der Waals surface area (Å²) < 4.78 is 28.2. The molecule has 2 amide bonds. The first-order valence-electron chi connectivity index (χ1n) is 14.2. The first kappa shape index (κ1) is 31.0. The first-order chi connectivity index (χ1) is 19.1. The smallest absolute Gasteiger partial charge is 0.322 e. The molecule has 3 saturated heterocycles. The molecule has 3 aliphatic rings. The molecule has 3 fully saturated rings. The maximum Gasteiger partial charge on any atom is 0.322 e. The van der Waals surface area contributed by atoms with E-state index in [1.54, 1.807) is 28.0 Å². The highest BCUT2D eigenvalue weighted by Crippen LogP contribution is 2.70. The number of benzene rings is 1. The van der Waals surface area contributed by atoms with Gasteiger partial charge in [-0.1, -0.05) is 46.8 Å². The van der Waals surface area contributed by atoms with Gasteiger partial charge >= 0.3 is 6.03 Å². The van der Waals surface area contributed by atoms with Gasteiger partial charge in [-0.25, -0.2) is 9.68 Å². The number of hydrogen-bond donors (Lipinski definition) is 1. The molecule has 1 aromatic carbocycles. The fraction of sp³-hybridized carbons (Fsp3) is 0.759. The monoisotopic (exact) mass is 566 g/mol. The van der Waals surface area contributed by atoms with E-state index in [0.29, 0.717) is 91.3 Å². The Kier molecular flexibility index (Phi) is 9.98. The molecule has 0 saturated carbocycles. The van der Waals surface area contributed by atoms with Crippen molar-refractivity contribution >= 4 is 6.03 Å². The van der Waals surface area contributed by atoms with Crippen LogP contribution in [0.4, 0.5) is 4.79 Å². The number of amides is 2. The Labute approximate surface area is 237 Å². The lowest BCUT2D eigenvalue weighted by Gasteiger charge is -2.63. The molecule has 226 valence electrons. The van der Waals surface area contributed by atoms with Crippen molar-refractivity contribution in [2.24, 2.45) is 10.8 Å². The van der Waals surface area contributed by atoms with Crippen LogP contribution in [-0.2, 0) is 39.2 Å². The second kappa shape index (κ2) is 12.9. The summed E-state index contributed by atoms with van der Waals surface area (Å²) in [5.41, 5.74) is -2.34. The molecule has 0 radical (unpaired) electrons. The maximum atomic E-state index is 14.4. The number of likely N-dealkylation sites (tertiary alicyclic amines) is 1. The normalized spacial score (nSPS) is 29.6. The number of fused-ring (bicyclic) bond motifs is 1. The van der Waals surface area contributed by atoms with E-state index in [4.69, 9.17) is 33.5 Å². The molecule has 0 aliphatic carbocycles. The number of carbonyl (C=O) groups excluding carboxylic acids is 1. The molecule has 1 N–H and O–H groups in total. The fourth-order valence-corrected chi connectivity index (χ4v) is 6.41. The van der Waals surface area contributed by atoms with E-state index in [2.05, 4.69) is 34.6 Å². The van der Waals surface area contributed by atoms with E-state index in [0.717, 1.165) is 0 Å². The summed E-state index contributed by atoms with van der Waals surface area (Å²) in [4.78, 5) is 30.0. The fourth-order valence-electron chi connectivity index (χ4n) is 6.41. The molecule has 3 heterocycles. The largest absolute Gasteiger partial charge is 0.508 e. The van der Waals surface area contributed by atoms with Gasteiger partial charge in [-0.2, -0.15) is 4.89 Å². The zero-order valence-electron chi connectivity index (χ0n) is 24.6.